The Bertz CT molecular complexity index is 37.9. The molecule has 4 nitrogen and oxygen atoms in total. The van der Waals surface area contributed by atoms with Crippen molar-refractivity contribution < 1.29 is 0 Å². The molecule has 0 heterocycles. The molecule has 0 saturated heterocycles. The Morgan fingerprint density at radius 2 is 2.14 bits per heavy atom. The lowest BCUT2D eigenvalue weighted by atomic mass is 10.4. The molecule has 0 spiro atoms. The zero-order chi connectivity index (χ0) is 5.70. The standard InChI is InChI=1S/C3H12N4/c1-3(7-5)2-6-4/h3,6-7H,2,4-5H2,1H3. The molecule has 0 rings (SSSR count). The van der Waals surface area contributed by atoms with E-state index in [1.54, 1.807) is 0 Å². The van der Waals surface area contributed by atoms with Crippen LogP contribution in [0.25, 0.3) is 0 Å². The highest BCUT2D eigenvalue weighted by Gasteiger charge is 1.91. The van der Waals surface area contributed by atoms with E-state index in [1.165, 1.54) is 0 Å². The third-order valence-corrected chi connectivity index (χ3v) is 0.709. The molecule has 0 amide bonds. The third-order valence-electron chi connectivity index (χ3n) is 0.709. The molecule has 1 atom stereocenters. The predicted octanol–water partition coefficient (Wildman–Crippen LogP) is -1.70. The minimum Gasteiger partial charge on any atom is -0.271 e. The van der Waals surface area contributed by atoms with Crippen molar-refractivity contribution >= 4 is 0 Å². The van der Waals surface area contributed by atoms with Crippen molar-refractivity contribution in [1.82, 2.24) is 10.9 Å². The van der Waals surface area contributed by atoms with E-state index in [2.05, 4.69) is 10.9 Å². The second-order valence-electron chi connectivity index (χ2n) is 1.48. The highest BCUT2D eigenvalue weighted by Crippen LogP contribution is 1.67. The minimum absolute atomic E-state index is 0.241. The first kappa shape index (κ1) is 6.84. The van der Waals surface area contributed by atoms with Crippen molar-refractivity contribution in [3.05, 3.63) is 0 Å². The fraction of sp³-hybridized carbons (Fsp3) is 1.00. The number of rotatable bonds is 3. The van der Waals surface area contributed by atoms with Crippen LogP contribution in [-0.4, -0.2) is 12.6 Å². The maximum atomic E-state index is 5.01. The average molecular weight is 104 g/mol. The topological polar surface area (TPSA) is 76.1 Å². The third kappa shape index (κ3) is 3.68. The van der Waals surface area contributed by atoms with E-state index in [0.717, 1.165) is 0 Å². The van der Waals surface area contributed by atoms with Crippen LogP contribution >= 0.6 is 0 Å². The zero-order valence-electron chi connectivity index (χ0n) is 4.44. The fourth-order valence-electron chi connectivity index (χ4n) is 0.236. The van der Waals surface area contributed by atoms with E-state index in [0.29, 0.717) is 6.54 Å². The van der Waals surface area contributed by atoms with Crippen LogP contribution in [0.3, 0.4) is 0 Å². The van der Waals surface area contributed by atoms with Gasteiger partial charge in [0.2, 0.25) is 0 Å². The summed E-state index contributed by atoms with van der Waals surface area (Å²) in [7, 11) is 0. The number of hydrazine groups is 2. The fourth-order valence-corrected chi connectivity index (χ4v) is 0.236. The molecule has 0 aliphatic carbocycles. The molecule has 1 unspecified atom stereocenters. The monoisotopic (exact) mass is 104 g/mol. The number of nitrogens with two attached hydrogens (primary N) is 2. The lowest BCUT2D eigenvalue weighted by molar-refractivity contribution is 0.525. The molecule has 4 heteroatoms. The second-order valence-corrected chi connectivity index (χ2v) is 1.48. The van der Waals surface area contributed by atoms with Crippen LogP contribution in [0.2, 0.25) is 0 Å². The van der Waals surface area contributed by atoms with Crippen LogP contribution in [0, 0.1) is 0 Å². The molecular weight excluding hydrogens is 92.1 g/mol. The molecule has 0 aromatic rings. The molecule has 0 fully saturated rings. The Morgan fingerprint density at radius 3 is 2.29 bits per heavy atom. The van der Waals surface area contributed by atoms with E-state index in [-0.39, 0.29) is 6.04 Å². The number of nitrogens with one attached hydrogen (secondary N) is 2. The molecule has 0 radical (unpaired) electrons. The number of hydrogen-bond donors (Lipinski definition) is 4. The second kappa shape index (κ2) is 4.01. The van der Waals surface area contributed by atoms with Crippen LogP contribution in [0.15, 0.2) is 0 Å². The van der Waals surface area contributed by atoms with Gasteiger partial charge in [-0.2, -0.15) is 0 Å². The Labute approximate surface area is 43.2 Å². The molecule has 0 aromatic carbocycles. The summed E-state index contributed by atoms with van der Waals surface area (Å²) in [5, 5.41) is 0. The van der Waals surface area contributed by atoms with Gasteiger partial charge in [0.1, 0.15) is 0 Å². The Balaban J connectivity index is 2.83. The van der Waals surface area contributed by atoms with Crippen LogP contribution in [0.1, 0.15) is 6.92 Å². The van der Waals surface area contributed by atoms with Gasteiger partial charge in [0.05, 0.1) is 0 Å². The van der Waals surface area contributed by atoms with Crippen LogP contribution < -0.4 is 22.5 Å². The van der Waals surface area contributed by atoms with Crippen molar-refractivity contribution in [2.75, 3.05) is 6.54 Å². The van der Waals surface area contributed by atoms with Crippen LogP contribution in [-0.2, 0) is 0 Å². The average Bonchev–Trinajstić information content (AvgIpc) is 1.68. The van der Waals surface area contributed by atoms with E-state index >= 15 is 0 Å². The molecule has 7 heavy (non-hydrogen) atoms. The van der Waals surface area contributed by atoms with E-state index < -0.39 is 0 Å². The summed E-state index contributed by atoms with van der Waals surface area (Å²) >= 11 is 0. The summed E-state index contributed by atoms with van der Waals surface area (Å²) in [6.45, 7) is 2.62. The summed E-state index contributed by atoms with van der Waals surface area (Å²) < 4.78 is 0. The zero-order valence-corrected chi connectivity index (χ0v) is 4.44. The highest BCUT2D eigenvalue weighted by atomic mass is 15.3. The van der Waals surface area contributed by atoms with Gasteiger partial charge in [-0.1, -0.05) is 0 Å². The van der Waals surface area contributed by atoms with E-state index in [9.17, 15) is 0 Å². The minimum atomic E-state index is 0.241. The van der Waals surface area contributed by atoms with Gasteiger partial charge in [-0.3, -0.25) is 22.5 Å². The van der Waals surface area contributed by atoms with Gasteiger partial charge < -0.3 is 0 Å². The SMILES string of the molecule is CC(CNN)NN. The van der Waals surface area contributed by atoms with Gasteiger partial charge in [0, 0.05) is 12.6 Å². The van der Waals surface area contributed by atoms with Crippen LogP contribution in [0.4, 0.5) is 0 Å². The van der Waals surface area contributed by atoms with Crippen molar-refractivity contribution in [3.63, 3.8) is 0 Å². The largest absolute Gasteiger partial charge is 0.271 e. The smallest absolute Gasteiger partial charge is 0.0320 e. The van der Waals surface area contributed by atoms with Gasteiger partial charge in [0.25, 0.3) is 0 Å². The Morgan fingerprint density at radius 1 is 1.57 bits per heavy atom. The van der Waals surface area contributed by atoms with Crippen molar-refractivity contribution in [1.29, 1.82) is 0 Å². The summed E-state index contributed by atoms with van der Waals surface area (Å²) in [5.74, 6) is 9.97. The van der Waals surface area contributed by atoms with Gasteiger partial charge in [0.15, 0.2) is 0 Å². The van der Waals surface area contributed by atoms with Gasteiger partial charge >= 0.3 is 0 Å². The van der Waals surface area contributed by atoms with Gasteiger partial charge in [-0.15, -0.1) is 0 Å². The summed E-state index contributed by atoms with van der Waals surface area (Å²) in [6, 6.07) is 0.241. The van der Waals surface area contributed by atoms with Crippen molar-refractivity contribution in [2.24, 2.45) is 11.7 Å². The summed E-state index contributed by atoms with van der Waals surface area (Å²) in [6.07, 6.45) is 0. The molecule has 44 valence electrons. The lowest BCUT2D eigenvalue weighted by Gasteiger charge is -2.06. The Kier molecular flexibility index (Phi) is 3.92. The maximum Gasteiger partial charge on any atom is 0.0320 e. The first-order chi connectivity index (χ1) is 3.31. The quantitative estimate of drug-likeness (QED) is 0.254. The van der Waals surface area contributed by atoms with E-state index in [1.807, 2.05) is 6.92 Å². The van der Waals surface area contributed by atoms with Gasteiger partial charge in [-0.25, -0.2) is 0 Å². The summed E-state index contributed by atoms with van der Waals surface area (Å²) in [5.41, 5.74) is 5.00. The Hall–Kier alpha value is -0.160. The molecule has 0 aromatic heterocycles. The van der Waals surface area contributed by atoms with E-state index in [4.69, 9.17) is 11.7 Å². The maximum absolute atomic E-state index is 5.01. The first-order valence-electron chi connectivity index (χ1n) is 2.21. The lowest BCUT2D eigenvalue weighted by Crippen LogP contribution is -2.42. The molecule has 0 saturated carbocycles. The molecule has 0 aliphatic rings. The normalized spacial score (nSPS) is 14.1. The van der Waals surface area contributed by atoms with Crippen LogP contribution in [0.5, 0.6) is 0 Å². The molecule has 0 bridgehead atoms. The predicted molar refractivity (Wildman–Crippen MR) is 29.0 cm³/mol. The first-order valence-corrected chi connectivity index (χ1v) is 2.21. The molecular formula is C3H12N4. The number of hydrogen-bond acceptors (Lipinski definition) is 4. The summed E-state index contributed by atoms with van der Waals surface area (Å²) in [4.78, 5) is 0. The van der Waals surface area contributed by atoms with Crippen molar-refractivity contribution in [3.8, 4) is 0 Å². The molecule has 6 N–H and O–H groups in total. The molecule has 0 aliphatic heterocycles. The van der Waals surface area contributed by atoms with Gasteiger partial charge in [-0.05, 0) is 6.92 Å². The van der Waals surface area contributed by atoms with Crippen molar-refractivity contribution in [2.45, 2.75) is 13.0 Å². The highest BCUT2D eigenvalue weighted by molar-refractivity contribution is 4.54.